The SMILES string of the molecule is Br.O=[N+]([O-])c1ccccc1CN1C=CN(C(Cl)C(OCc2c(Cl)cccc2Cl)c2ccc(Cl)cc2)C1. The highest BCUT2D eigenvalue weighted by atomic mass is 79.9. The largest absolute Gasteiger partial charge is 0.365 e. The van der Waals surface area contributed by atoms with Crippen molar-refractivity contribution in [3.05, 3.63) is 121 Å². The number of ether oxygens (including phenoxy) is 1. The molecule has 11 heteroatoms. The first-order valence-corrected chi connectivity index (χ1v) is 12.2. The summed E-state index contributed by atoms with van der Waals surface area (Å²) in [6.07, 6.45) is 3.16. The van der Waals surface area contributed by atoms with E-state index in [-0.39, 0.29) is 34.2 Å². The van der Waals surface area contributed by atoms with Crippen LogP contribution in [-0.4, -0.2) is 26.9 Å². The molecular weight excluding hydrogens is 612 g/mol. The molecule has 0 saturated carbocycles. The van der Waals surface area contributed by atoms with Crippen LogP contribution in [0.4, 0.5) is 5.69 Å². The van der Waals surface area contributed by atoms with E-state index >= 15 is 0 Å². The fourth-order valence-corrected chi connectivity index (χ4v) is 4.77. The average Bonchev–Trinajstić information content (AvgIpc) is 3.30. The molecule has 0 saturated heterocycles. The lowest BCUT2D eigenvalue weighted by molar-refractivity contribution is -0.385. The Bertz CT molecular complexity index is 1210. The quantitative estimate of drug-likeness (QED) is 0.103. The number of nitro groups is 1. The molecule has 0 N–H and O–H groups in total. The van der Waals surface area contributed by atoms with E-state index in [9.17, 15) is 10.1 Å². The Kier molecular flexibility index (Phi) is 10.3. The van der Waals surface area contributed by atoms with Gasteiger partial charge in [-0.05, 0) is 29.8 Å². The zero-order valence-electron chi connectivity index (χ0n) is 18.8. The summed E-state index contributed by atoms with van der Waals surface area (Å²) < 4.78 is 6.27. The van der Waals surface area contributed by atoms with Crippen LogP contribution < -0.4 is 0 Å². The van der Waals surface area contributed by atoms with Crippen molar-refractivity contribution < 1.29 is 9.66 Å². The van der Waals surface area contributed by atoms with E-state index in [2.05, 4.69) is 0 Å². The van der Waals surface area contributed by atoms with Gasteiger partial charge in [0.2, 0.25) is 0 Å². The van der Waals surface area contributed by atoms with Crippen LogP contribution in [0.25, 0.3) is 0 Å². The number of halogens is 5. The second kappa shape index (κ2) is 13.0. The van der Waals surface area contributed by atoms with E-state index < -0.39 is 11.6 Å². The van der Waals surface area contributed by atoms with Gasteiger partial charge in [-0.2, -0.15) is 0 Å². The molecule has 0 fully saturated rings. The van der Waals surface area contributed by atoms with Gasteiger partial charge < -0.3 is 14.5 Å². The van der Waals surface area contributed by atoms with E-state index in [4.69, 9.17) is 51.1 Å². The van der Waals surface area contributed by atoms with E-state index in [1.807, 2.05) is 34.3 Å². The molecule has 0 amide bonds. The molecule has 2 atom stereocenters. The lowest BCUT2D eigenvalue weighted by Gasteiger charge is -2.31. The Hall–Kier alpha value is -2.00. The monoisotopic (exact) mass is 631 g/mol. The van der Waals surface area contributed by atoms with Gasteiger partial charge in [0.1, 0.15) is 11.6 Å². The number of benzene rings is 3. The minimum absolute atomic E-state index is 0. The van der Waals surface area contributed by atoms with Gasteiger partial charge in [-0.3, -0.25) is 10.1 Å². The molecule has 0 radical (unpaired) electrons. The minimum Gasteiger partial charge on any atom is -0.365 e. The number of hydrogen-bond donors (Lipinski definition) is 0. The van der Waals surface area contributed by atoms with Crippen molar-refractivity contribution in [2.75, 3.05) is 6.67 Å². The van der Waals surface area contributed by atoms with Crippen LogP contribution in [0.3, 0.4) is 0 Å². The standard InChI is InChI=1S/C25H21Cl4N3O3.BrH/c26-19-10-8-17(9-11-19)24(35-15-20-21(27)5-3-6-22(20)28)25(29)31-13-12-30(16-31)14-18-4-1-2-7-23(18)32(33)34;/h1-13,24-25H,14-16H2;1H. The van der Waals surface area contributed by atoms with Gasteiger partial charge in [-0.15, -0.1) is 17.0 Å². The fourth-order valence-electron chi connectivity index (χ4n) is 3.79. The summed E-state index contributed by atoms with van der Waals surface area (Å²) in [6, 6.07) is 19.3. The van der Waals surface area contributed by atoms with Crippen molar-refractivity contribution in [3.8, 4) is 0 Å². The smallest absolute Gasteiger partial charge is 0.274 e. The highest BCUT2D eigenvalue weighted by Gasteiger charge is 2.30. The normalized spacial score (nSPS) is 14.4. The van der Waals surface area contributed by atoms with Crippen molar-refractivity contribution in [2.24, 2.45) is 0 Å². The average molecular weight is 634 g/mol. The van der Waals surface area contributed by atoms with Gasteiger partial charge in [0.25, 0.3) is 5.69 Å². The highest BCUT2D eigenvalue weighted by molar-refractivity contribution is 8.93. The molecular formula is C25H22BrCl4N3O3. The van der Waals surface area contributed by atoms with E-state index in [1.54, 1.807) is 48.5 Å². The Labute approximate surface area is 239 Å². The Balaban J connectivity index is 0.00000361. The van der Waals surface area contributed by atoms with Gasteiger partial charge in [0.15, 0.2) is 0 Å². The van der Waals surface area contributed by atoms with Crippen molar-refractivity contribution >= 4 is 69.1 Å². The lowest BCUT2D eigenvalue weighted by Crippen LogP contribution is -2.35. The number of hydrogen-bond acceptors (Lipinski definition) is 5. The molecule has 0 bridgehead atoms. The number of rotatable bonds is 9. The molecule has 3 aromatic carbocycles. The molecule has 6 nitrogen and oxygen atoms in total. The third kappa shape index (κ3) is 6.85. The Morgan fingerprint density at radius 3 is 2.28 bits per heavy atom. The zero-order valence-corrected chi connectivity index (χ0v) is 23.5. The second-order valence-electron chi connectivity index (χ2n) is 7.94. The van der Waals surface area contributed by atoms with Crippen molar-refractivity contribution in [1.29, 1.82) is 0 Å². The molecule has 4 rings (SSSR count). The van der Waals surface area contributed by atoms with Crippen LogP contribution in [0.5, 0.6) is 0 Å². The molecule has 3 aromatic rings. The van der Waals surface area contributed by atoms with Gasteiger partial charge in [0, 0.05) is 44.7 Å². The number of para-hydroxylation sites is 1. The van der Waals surface area contributed by atoms with Gasteiger partial charge in [-0.1, -0.05) is 82.8 Å². The molecule has 0 aliphatic carbocycles. The number of alkyl halides is 1. The van der Waals surface area contributed by atoms with Gasteiger partial charge >= 0.3 is 0 Å². The summed E-state index contributed by atoms with van der Waals surface area (Å²) in [5, 5.41) is 13.0. The molecule has 2 unspecified atom stereocenters. The third-order valence-corrected chi connectivity index (χ3v) is 7.05. The lowest BCUT2D eigenvalue weighted by atomic mass is 10.1. The molecule has 1 aliphatic rings. The molecule has 0 spiro atoms. The number of nitrogens with zero attached hydrogens (tertiary/aromatic N) is 3. The predicted octanol–water partition coefficient (Wildman–Crippen LogP) is 8.20. The summed E-state index contributed by atoms with van der Waals surface area (Å²) in [6.45, 7) is 0.961. The summed E-state index contributed by atoms with van der Waals surface area (Å²) in [5.74, 6) is 0. The maximum absolute atomic E-state index is 11.4. The highest BCUT2D eigenvalue weighted by Crippen LogP contribution is 2.34. The van der Waals surface area contributed by atoms with Crippen LogP contribution >= 0.6 is 63.4 Å². The van der Waals surface area contributed by atoms with Crippen molar-refractivity contribution in [1.82, 2.24) is 9.80 Å². The fraction of sp³-hybridized carbons (Fsp3) is 0.200. The first kappa shape index (κ1) is 28.6. The van der Waals surface area contributed by atoms with Gasteiger partial charge in [-0.25, -0.2) is 0 Å². The van der Waals surface area contributed by atoms with E-state index in [0.717, 1.165) is 5.56 Å². The van der Waals surface area contributed by atoms with Crippen LogP contribution in [0.1, 0.15) is 22.8 Å². The van der Waals surface area contributed by atoms with E-state index in [0.29, 0.717) is 39.4 Å². The topological polar surface area (TPSA) is 58.9 Å². The molecule has 0 aromatic heterocycles. The molecule has 190 valence electrons. The Morgan fingerprint density at radius 2 is 1.61 bits per heavy atom. The van der Waals surface area contributed by atoms with Crippen molar-refractivity contribution in [2.45, 2.75) is 24.8 Å². The number of nitro benzene ring substituents is 1. The molecule has 1 aliphatic heterocycles. The summed E-state index contributed by atoms with van der Waals surface area (Å²) >= 11 is 25.7. The Morgan fingerprint density at radius 1 is 0.944 bits per heavy atom. The maximum atomic E-state index is 11.4. The minimum atomic E-state index is -0.593. The van der Waals surface area contributed by atoms with Crippen LogP contribution in [0.2, 0.25) is 15.1 Å². The first-order valence-electron chi connectivity index (χ1n) is 10.7. The summed E-state index contributed by atoms with van der Waals surface area (Å²) in [5.41, 5.74) is 1.62. The third-order valence-electron chi connectivity index (χ3n) is 5.61. The van der Waals surface area contributed by atoms with Crippen LogP contribution in [-0.2, 0) is 17.9 Å². The van der Waals surface area contributed by atoms with E-state index in [1.165, 1.54) is 6.07 Å². The maximum Gasteiger partial charge on any atom is 0.274 e. The molecule has 36 heavy (non-hydrogen) atoms. The second-order valence-corrected chi connectivity index (χ2v) is 9.64. The predicted molar refractivity (Wildman–Crippen MR) is 150 cm³/mol. The van der Waals surface area contributed by atoms with Gasteiger partial charge in [0.05, 0.1) is 24.7 Å². The van der Waals surface area contributed by atoms with Crippen LogP contribution in [0, 0.1) is 10.1 Å². The first-order chi connectivity index (χ1) is 16.8. The zero-order chi connectivity index (χ0) is 24.9. The van der Waals surface area contributed by atoms with Crippen LogP contribution in [0.15, 0.2) is 79.1 Å². The summed E-state index contributed by atoms with van der Waals surface area (Å²) in [7, 11) is 0. The summed E-state index contributed by atoms with van der Waals surface area (Å²) in [4.78, 5) is 14.8. The molecule has 1 heterocycles. The van der Waals surface area contributed by atoms with Crippen molar-refractivity contribution in [3.63, 3.8) is 0 Å².